The van der Waals surface area contributed by atoms with Crippen LogP contribution in [0.1, 0.15) is 36.7 Å². The van der Waals surface area contributed by atoms with E-state index in [1.807, 2.05) is 0 Å². The number of para-hydroxylation sites is 1. The van der Waals surface area contributed by atoms with Crippen molar-refractivity contribution < 1.29 is 18.0 Å². The van der Waals surface area contributed by atoms with E-state index in [9.17, 15) is 18.0 Å². The van der Waals surface area contributed by atoms with Crippen molar-refractivity contribution in [2.24, 2.45) is 0 Å². The molecular weight excluding hydrogens is 257 g/mol. The van der Waals surface area contributed by atoms with Crippen LogP contribution < -0.4 is 10.6 Å². The smallest absolute Gasteiger partial charge is 0.387 e. The predicted molar refractivity (Wildman–Crippen MR) is 68.2 cm³/mol. The highest BCUT2D eigenvalue weighted by atomic mass is 19.4. The molecule has 0 bridgehead atoms. The lowest BCUT2D eigenvalue weighted by atomic mass is 10.0. The molecule has 6 heteroatoms. The normalized spacial score (nSPS) is 12.2. The molecule has 0 unspecified atom stereocenters. The molecule has 0 aliphatic carbocycles. The van der Waals surface area contributed by atoms with Crippen molar-refractivity contribution in [3.8, 4) is 0 Å². The van der Waals surface area contributed by atoms with Crippen LogP contribution in [0.15, 0.2) is 18.2 Å². The van der Waals surface area contributed by atoms with E-state index in [0.29, 0.717) is 0 Å². The Morgan fingerprint density at radius 3 is 2.16 bits per heavy atom. The lowest BCUT2D eigenvalue weighted by molar-refractivity contribution is -0.136. The summed E-state index contributed by atoms with van der Waals surface area (Å²) in [5.74, 6) is -0.539. The van der Waals surface area contributed by atoms with Crippen LogP contribution in [-0.2, 0) is 6.18 Å². The minimum absolute atomic E-state index is 0.0211. The maximum Gasteiger partial charge on any atom is 0.418 e. The lowest BCUT2D eigenvalue weighted by Gasteiger charge is -2.22. The van der Waals surface area contributed by atoms with E-state index < -0.39 is 23.2 Å². The highest BCUT2D eigenvalue weighted by Gasteiger charge is 2.35. The first-order valence-electron chi connectivity index (χ1n) is 5.77. The molecule has 0 spiro atoms. The fraction of sp³-hybridized carbons (Fsp3) is 0.462. The van der Waals surface area contributed by atoms with E-state index in [0.717, 1.165) is 6.07 Å². The molecule has 2 N–H and O–H groups in total. The number of hydrogen-bond donors (Lipinski definition) is 2. The molecule has 1 amide bonds. The van der Waals surface area contributed by atoms with Crippen LogP contribution in [0, 0.1) is 0 Å². The summed E-state index contributed by atoms with van der Waals surface area (Å²) in [4.78, 5) is 12.0. The summed E-state index contributed by atoms with van der Waals surface area (Å²) < 4.78 is 38.5. The third-order valence-corrected chi connectivity index (χ3v) is 2.35. The second-order valence-corrected chi connectivity index (χ2v) is 5.18. The molecule has 0 atom stereocenters. The quantitative estimate of drug-likeness (QED) is 0.869. The topological polar surface area (TPSA) is 41.1 Å². The van der Waals surface area contributed by atoms with Gasteiger partial charge < -0.3 is 10.6 Å². The number of benzene rings is 1. The zero-order valence-electron chi connectivity index (χ0n) is 11.3. The van der Waals surface area contributed by atoms with Crippen molar-refractivity contribution in [2.45, 2.75) is 32.5 Å². The van der Waals surface area contributed by atoms with Gasteiger partial charge in [-0.05, 0) is 32.9 Å². The molecule has 0 saturated heterocycles. The van der Waals surface area contributed by atoms with Crippen LogP contribution in [0.5, 0.6) is 0 Å². The van der Waals surface area contributed by atoms with Gasteiger partial charge in [0.25, 0.3) is 5.91 Å². The van der Waals surface area contributed by atoms with Gasteiger partial charge in [0.15, 0.2) is 0 Å². The molecule has 1 aromatic rings. The minimum atomic E-state index is -4.50. The average Bonchev–Trinajstić information content (AvgIpc) is 2.24. The molecule has 0 fully saturated rings. The molecule has 0 aliphatic rings. The molecule has 1 aromatic carbocycles. The Kier molecular flexibility index (Phi) is 4.12. The molecule has 0 aromatic heterocycles. The monoisotopic (exact) mass is 274 g/mol. The molecular formula is C13H17F3N2O. The molecule has 0 radical (unpaired) electrons. The summed E-state index contributed by atoms with van der Waals surface area (Å²) in [6.07, 6.45) is -4.50. The number of anilines is 1. The summed E-state index contributed by atoms with van der Waals surface area (Å²) in [7, 11) is 1.36. The minimum Gasteiger partial charge on any atom is -0.387 e. The van der Waals surface area contributed by atoms with Crippen molar-refractivity contribution in [3.63, 3.8) is 0 Å². The van der Waals surface area contributed by atoms with Crippen molar-refractivity contribution >= 4 is 11.6 Å². The molecule has 0 saturated carbocycles. The molecule has 0 aliphatic heterocycles. The number of halogens is 3. The molecule has 3 nitrogen and oxygen atoms in total. The number of hydrogen-bond acceptors (Lipinski definition) is 2. The van der Waals surface area contributed by atoms with E-state index in [1.165, 1.54) is 19.2 Å². The highest BCUT2D eigenvalue weighted by Crippen LogP contribution is 2.36. The second-order valence-electron chi connectivity index (χ2n) is 5.18. The number of carbonyl (C=O) groups is 1. The Bertz CT molecular complexity index is 476. The van der Waals surface area contributed by atoms with E-state index in [4.69, 9.17) is 0 Å². The zero-order valence-corrected chi connectivity index (χ0v) is 11.3. The summed E-state index contributed by atoms with van der Waals surface area (Å²) in [5.41, 5.74) is -1.60. The number of rotatable bonds is 2. The zero-order chi connectivity index (χ0) is 14.8. The summed E-state index contributed by atoms with van der Waals surface area (Å²) in [6.45, 7) is 5.28. The standard InChI is InChI=1S/C13H17F3N2O/c1-12(2,3)18-11(19)8-6-5-7-9(10(8)17-4)13(14,15)16/h5-7,17H,1-4H3,(H,18,19). The average molecular weight is 274 g/mol. The van der Waals surface area contributed by atoms with Gasteiger partial charge in [-0.25, -0.2) is 0 Å². The molecule has 1 rings (SSSR count). The van der Waals surface area contributed by atoms with Gasteiger partial charge in [0, 0.05) is 12.6 Å². The number of nitrogens with one attached hydrogen (secondary N) is 2. The maximum atomic E-state index is 12.8. The Balaban J connectivity index is 3.26. The molecule has 0 heterocycles. The van der Waals surface area contributed by atoms with Crippen LogP contribution >= 0.6 is 0 Å². The first-order chi connectivity index (χ1) is 8.56. The van der Waals surface area contributed by atoms with Crippen molar-refractivity contribution in [1.82, 2.24) is 5.32 Å². The van der Waals surface area contributed by atoms with E-state index >= 15 is 0 Å². The predicted octanol–water partition coefficient (Wildman–Crippen LogP) is 3.28. The third kappa shape index (κ3) is 3.87. The van der Waals surface area contributed by atoms with Crippen molar-refractivity contribution in [3.05, 3.63) is 29.3 Å². The molecule has 19 heavy (non-hydrogen) atoms. The van der Waals surface area contributed by atoms with Gasteiger partial charge in [0.2, 0.25) is 0 Å². The largest absolute Gasteiger partial charge is 0.418 e. The van der Waals surface area contributed by atoms with Crippen LogP contribution in [0.4, 0.5) is 18.9 Å². The van der Waals surface area contributed by atoms with E-state index in [2.05, 4.69) is 10.6 Å². The Morgan fingerprint density at radius 2 is 1.74 bits per heavy atom. The number of alkyl halides is 3. The fourth-order valence-electron chi connectivity index (χ4n) is 1.66. The van der Waals surface area contributed by atoms with Gasteiger partial charge in [0.05, 0.1) is 16.8 Å². The Hall–Kier alpha value is -1.72. The third-order valence-electron chi connectivity index (χ3n) is 2.35. The van der Waals surface area contributed by atoms with Crippen LogP contribution in [0.25, 0.3) is 0 Å². The number of amides is 1. The maximum absolute atomic E-state index is 12.8. The Labute approximate surface area is 110 Å². The van der Waals surface area contributed by atoms with Gasteiger partial charge in [-0.1, -0.05) is 6.07 Å². The van der Waals surface area contributed by atoms with Crippen molar-refractivity contribution in [2.75, 3.05) is 12.4 Å². The van der Waals surface area contributed by atoms with Crippen LogP contribution in [0.2, 0.25) is 0 Å². The SMILES string of the molecule is CNc1c(C(=O)NC(C)(C)C)cccc1C(F)(F)F. The second kappa shape index (κ2) is 5.11. The Morgan fingerprint density at radius 1 is 1.16 bits per heavy atom. The van der Waals surface area contributed by atoms with Crippen LogP contribution in [0.3, 0.4) is 0 Å². The van der Waals surface area contributed by atoms with E-state index in [-0.39, 0.29) is 11.3 Å². The van der Waals surface area contributed by atoms with Gasteiger partial charge in [-0.15, -0.1) is 0 Å². The summed E-state index contributed by atoms with van der Waals surface area (Å²) in [6, 6.07) is 3.53. The first-order valence-corrected chi connectivity index (χ1v) is 5.77. The van der Waals surface area contributed by atoms with Crippen molar-refractivity contribution in [1.29, 1.82) is 0 Å². The van der Waals surface area contributed by atoms with E-state index in [1.54, 1.807) is 20.8 Å². The van der Waals surface area contributed by atoms with Gasteiger partial charge in [-0.2, -0.15) is 13.2 Å². The summed E-state index contributed by atoms with van der Waals surface area (Å²) >= 11 is 0. The lowest BCUT2D eigenvalue weighted by Crippen LogP contribution is -2.40. The van der Waals surface area contributed by atoms with Crippen LogP contribution in [-0.4, -0.2) is 18.5 Å². The summed E-state index contributed by atoms with van der Waals surface area (Å²) in [5, 5.41) is 5.10. The first kappa shape index (κ1) is 15.3. The van der Waals surface area contributed by atoms with Gasteiger partial charge >= 0.3 is 6.18 Å². The number of carbonyl (C=O) groups excluding carboxylic acids is 1. The molecule has 106 valence electrons. The van der Waals surface area contributed by atoms with Gasteiger partial charge in [-0.3, -0.25) is 4.79 Å². The fourth-order valence-corrected chi connectivity index (χ4v) is 1.66. The van der Waals surface area contributed by atoms with Gasteiger partial charge in [0.1, 0.15) is 0 Å². The highest BCUT2D eigenvalue weighted by molar-refractivity contribution is 6.00.